The molecule has 3 aromatic carbocycles. The number of carbonyl (C=O) groups is 3. The fraction of sp³-hybridized carbons (Fsp3) is 0. The summed E-state index contributed by atoms with van der Waals surface area (Å²) >= 11 is 9.17. The molecule has 9 heteroatoms. The first kappa shape index (κ1) is 22.2. The number of hydrazone groups is 1. The Morgan fingerprint density at radius 3 is 2.42 bits per heavy atom. The molecule has 0 bridgehead atoms. The number of carbonyl (C=O) groups excluding carboxylic acids is 3. The molecular formula is C22H15BrClN3O4. The van der Waals surface area contributed by atoms with Crippen LogP contribution in [0.25, 0.3) is 0 Å². The average molecular weight is 501 g/mol. The van der Waals surface area contributed by atoms with Gasteiger partial charge in [0.25, 0.3) is 0 Å². The van der Waals surface area contributed by atoms with E-state index in [-0.39, 0.29) is 5.75 Å². The van der Waals surface area contributed by atoms with Crippen LogP contribution >= 0.6 is 27.5 Å². The van der Waals surface area contributed by atoms with Gasteiger partial charge >= 0.3 is 17.8 Å². The highest BCUT2D eigenvalue weighted by atomic mass is 79.9. The van der Waals surface area contributed by atoms with Gasteiger partial charge in [0.05, 0.1) is 11.8 Å². The molecule has 0 saturated heterocycles. The number of rotatable bonds is 5. The molecule has 31 heavy (non-hydrogen) atoms. The molecule has 0 aliphatic rings. The zero-order valence-corrected chi connectivity index (χ0v) is 18.2. The van der Waals surface area contributed by atoms with Crippen molar-refractivity contribution in [2.24, 2.45) is 5.10 Å². The molecule has 0 heterocycles. The summed E-state index contributed by atoms with van der Waals surface area (Å²) < 4.78 is 6.17. The van der Waals surface area contributed by atoms with E-state index in [0.29, 0.717) is 21.8 Å². The number of nitrogens with zero attached hydrogens (tertiary/aromatic N) is 1. The Kier molecular flexibility index (Phi) is 7.53. The Morgan fingerprint density at radius 1 is 0.935 bits per heavy atom. The molecular weight excluding hydrogens is 486 g/mol. The van der Waals surface area contributed by atoms with Crippen LogP contribution in [-0.4, -0.2) is 24.0 Å². The molecule has 0 aromatic heterocycles. The minimum atomic E-state index is -0.928. The lowest BCUT2D eigenvalue weighted by Crippen LogP contribution is -2.32. The third-order valence-electron chi connectivity index (χ3n) is 3.82. The Morgan fingerprint density at radius 2 is 1.68 bits per heavy atom. The van der Waals surface area contributed by atoms with Gasteiger partial charge in [-0.15, -0.1) is 0 Å². The predicted octanol–water partition coefficient (Wildman–Crippen LogP) is 4.41. The van der Waals surface area contributed by atoms with E-state index in [1.807, 2.05) is 0 Å². The lowest BCUT2D eigenvalue weighted by molar-refractivity contribution is -0.136. The second kappa shape index (κ2) is 10.5. The van der Waals surface area contributed by atoms with Crippen molar-refractivity contribution in [1.82, 2.24) is 5.43 Å². The molecule has 7 nitrogen and oxygen atoms in total. The van der Waals surface area contributed by atoms with Crippen molar-refractivity contribution in [1.29, 1.82) is 0 Å². The van der Waals surface area contributed by atoms with Crippen molar-refractivity contribution < 1.29 is 19.1 Å². The summed E-state index contributed by atoms with van der Waals surface area (Å²) in [6, 6.07) is 19.7. The number of ether oxygens (including phenoxy) is 1. The third kappa shape index (κ3) is 6.77. The van der Waals surface area contributed by atoms with E-state index in [1.54, 1.807) is 66.7 Å². The van der Waals surface area contributed by atoms with Gasteiger partial charge in [0.1, 0.15) is 5.75 Å². The first-order chi connectivity index (χ1) is 14.9. The van der Waals surface area contributed by atoms with Crippen molar-refractivity contribution >= 4 is 57.2 Å². The van der Waals surface area contributed by atoms with E-state index in [2.05, 4.69) is 31.8 Å². The average Bonchev–Trinajstić information content (AvgIpc) is 2.75. The molecule has 3 aromatic rings. The second-order valence-corrected chi connectivity index (χ2v) is 7.48. The zero-order chi connectivity index (χ0) is 22.2. The molecule has 0 unspecified atom stereocenters. The maximum atomic E-state index is 12.2. The maximum Gasteiger partial charge on any atom is 0.343 e. The molecule has 3 rings (SSSR count). The van der Waals surface area contributed by atoms with Crippen LogP contribution in [0.2, 0.25) is 5.02 Å². The summed E-state index contributed by atoms with van der Waals surface area (Å²) in [5.41, 5.74) is 3.48. The Labute approximate surface area is 191 Å². The van der Waals surface area contributed by atoms with Crippen molar-refractivity contribution in [2.75, 3.05) is 5.32 Å². The number of benzene rings is 3. The van der Waals surface area contributed by atoms with E-state index in [1.165, 1.54) is 12.3 Å². The van der Waals surface area contributed by atoms with E-state index in [9.17, 15) is 14.4 Å². The predicted molar refractivity (Wildman–Crippen MR) is 121 cm³/mol. The van der Waals surface area contributed by atoms with Gasteiger partial charge in [-0.25, -0.2) is 10.2 Å². The Balaban J connectivity index is 1.56. The van der Waals surface area contributed by atoms with E-state index < -0.39 is 17.8 Å². The second-order valence-electron chi connectivity index (χ2n) is 6.13. The van der Waals surface area contributed by atoms with Crippen molar-refractivity contribution in [3.63, 3.8) is 0 Å². The highest BCUT2D eigenvalue weighted by Gasteiger charge is 2.13. The lowest BCUT2D eigenvalue weighted by atomic mass is 10.2. The molecule has 156 valence electrons. The number of hydrogen-bond acceptors (Lipinski definition) is 5. The monoisotopic (exact) mass is 499 g/mol. The summed E-state index contributed by atoms with van der Waals surface area (Å²) in [5.74, 6) is -2.06. The van der Waals surface area contributed by atoms with Crippen LogP contribution < -0.4 is 15.5 Å². The SMILES string of the molecule is O=C(NN=Cc1cccc(OC(=O)c2cccc(Cl)c2)c1)C(=O)Nc1ccc(Br)cc1. The fourth-order valence-corrected chi connectivity index (χ4v) is 2.83. The first-order valence-corrected chi connectivity index (χ1v) is 10.1. The zero-order valence-electron chi connectivity index (χ0n) is 15.8. The Hall–Kier alpha value is -3.49. The summed E-state index contributed by atoms with van der Waals surface area (Å²) in [4.78, 5) is 36.0. The van der Waals surface area contributed by atoms with Gasteiger partial charge in [-0.2, -0.15) is 5.10 Å². The number of anilines is 1. The molecule has 0 radical (unpaired) electrons. The standard InChI is InChI=1S/C22H15BrClN3O4/c23-16-7-9-18(10-8-16)26-20(28)21(29)27-25-13-14-3-1-6-19(11-14)31-22(30)15-4-2-5-17(24)12-15/h1-13H,(H,26,28)(H,27,29). The van der Waals surface area contributed by atoms with Crippen molar-refractivity contribution in [2.45, 2.75) is 0 Å². The van der Waals surface area contributed by atoms with Gasteiger partial charge < -0.3 is 10.1 Å². The molecule has 0 fully saturated rings. The topological polar surface area (TPSA) is 96.9 Å². The number of esters is 1. The van der Waals surface area contributed by atoms with Crippen LogP contribution in [0.1, 0.15) is 15.9 Å². The van der Waals surface area contributed by atoms with Gasteiger partial charge in [0.2, 0.25) is 0 Å². The normalized spacial score (nSPS) is 10.5. The maximum absolute atomic E-state index is 12.2. The highest BCUT2D eigenvalue weighted by Crippen LogP contribution is 2.17. The van der Waals surface area contributed by atoms with Gasteiger partial charge in [-0.05, 0) is 60.2 Å². The van der Waals surface area contributed by atoms with Crippen LogP contribution in [0.5, 0.6) is 5.75 Å². The molecule has 0 saturated carbocycles. The van der Waals surface area contributed by atoms with Gasteiger partial charge in [0, 0.05) is 15.2 Å². The van der Waals surface area contributed by atoms with Crippen LogP contribution in [0, 0.1) is 0 Å². The summed E-state index contributed by atoms with van der Waals surface area (Å²) in [7, 11) is 0. The largest absolute Gasteiger partial charge is 0.423 e. The number of nitrogens with one attached hydrogen (secondary N) is 2. The molecule has 0 spiro atoms. The van der Waals surface area contributed by atoms with E-state index in [4.69, 9.17) is 16.3 Å². The van der Waals surface area contributed by atoms with Crippen LogP contribution in [-0.2, 0) is 9.59 Å². The summed E-state index contributed by atoms with van der Waals surface area (Å²) in [6.07, 6.45) is 1.32. The molecule has 0 aliphatic carbocycles. The molecule has 0 atom stereocenters. The molecule has 2 amide bonds. The third-order valence-corrected chi connectivity index (χ3v) is 4.58. The lowest BCUT2D eigenvalue weighted by Gasteiger charge is -2.05. The van der Waals surface area contributed by atoms with E-state index in [0.717, 1.165) is 4.47 Å². The summed E-state index contributed by atoms with van der Waals surface area (Å²) in [5, 5.41) is 6.64. The van der Waals surface area contributed by atoms with Crippen LogP contribution in [0.3, 0.4) is 0 Å². The smallest absolute Gasteiger partial charge is 0.343 e. The molecule has 2 N–H and O–H groups in total. The highest BCUT2D eigenvalue weighted by molar-refractivity contribution is 9.10. The quantitative estimate of drug-likeness (QED) is 0.178. The van der Waals surface area contributed by atoms with Gasteiger partial charge in [-0.3, -0.25) is 9.59 Å². The van der Waals surface area contributed by atoms with Crippen LogP contribution in [0.4, 0.5) is 5.69 Å². The molecule has 0 aliphatic heterocycles. The summed E-state index contributed by atoms with van der Waals surface area (Å²) in [6.45, 7) is 0. The number of amides is 2. The first-order valence-electron chi connectivity index (χ1n) is 8.88. The minimum absolute atomic E-state index is 0.285. The van der Waals surface area contributed by atoms with E-state index >= 15 is 0 Å². The van der Waals surface area contributed by atoms with Crippen molar-refractivity contribution in [3.05, 3.63) is 93.4 Å². The van der Waals surface area contributed by atoms with Gasteiger partial charge in [0.15, 0.2) is 0 Å². The van der Waals surface area contributed by atoms with Gasteiger partial charge in [-0.1, -0.05) is 45.7 Å². The van der Waals surface area contributed by atoms with Crippen LogP contribution in [0.15, 0.2) is 82.4 Å². The fourth-order valence-electron chi connectivity index (χ4n) is 2.38. The minimum Gasteiger partial charge on any atom is -0.423 e. The van der Waals surface area contributed by atoms with Crippen molar-refractivity contribution in [3.8, 4) is 5.75 Å². The Bertz CT molecular complexity index is 1150. The number of hydrogen-bond donors (Lipinski definition) is 2. The number of halogens is 2.